The number of benzene rings is 1. The summed E-state index contributed by atoms with van der Waals surface area (Å²) in [4.78, 5) is 16.8. The second kappa shape index (κ2) is 8.43. The molecule has 3 heterocycles. The van der Waals surface area contributed by atoms with Gasteiger partial charge < -0.3 is 10.1 Å². The molecule has 1 N–H and O–H groups in total. The van der Waals surface area contributed by atoms with Gasteiger partial charge in [0.05, 0.1) is 18.0 Å². The van der Waals surface area contributed by atoms with E-state index in [4.69, 9.17) is 4.74 Å². The summed E-state index contributed by atoms with van der Waals surface area (Å²) in [5, 5.41) is 12.3. The van der Waals surface area contributed by atoms with Gasteiger partial charge in [-0.25, -0.2) is 0 Å². The first kappa shape index (κ1) is 18.5. The fraction of sp³-hybridized carbons (Fsp3) is 0.300. The number of aromatic nitrogens is 4. The minimum absolute atomic E-state index is 0.0613. The van der Waals surface area contributed by atoms with Gasteiger partial charge in [0.1, 0.15) is 11.4 Å². The summed E-state index contributed by atoms with van der Waals surface area (Å²) in [5.41, 5.74) is 1.62. The Morgan fingerprint density at radius 3 is 2.75 bits per heavy atom. The molecule has 8 heteroatoms. The summed E-state index contributed by atoms with van der Waals surface area (Å²) in [6.45, 7) is 0.736. The number of carbonyl (C=O) groups excluding carboxylic acids is 1. The van der Waals surface area contributed by atoms with Crippen molar-refractivity contribution in [2.75, 3.05) is 13.7 Å². The molecular formula is C20H21N5O2S. The minimum Gasteiger partial charge on any atom is -0.497 e. The van der Waals surface area contributed by atoms with Gasteiger partial charge in [-0.2, -0.15) is 0 Å². The van der Waals surface area contributed by atoms with E-state index >= 15 is 0 Å². The van der Waals surface area contributed by atoms with Crippen LogP contribution in [0.2, 0.25) is 0 Å². The molecule has 0 spiro atoms. The first-order valence-corrected chi connectivity index (χ1v) is 10.1. The van der Waals surface area contributed by atoms with Crippen LogP contribution in [0.25, 0.3) is 17.2 Å². The van der Waals surface area contributed by atoms with E-state index in [0.717, 1.165) is 42.9 Å². The van der Waals surface area contributed by atoms with E-state index in [-0.39, 0.29) is 11.2 Å². The molecule has 28 heavy (non-hydrogen) atoms. The van der Waals surface area contributed by atoms with Crippen molar-refractivity contribution in [3.63, 3.8) is 0 Å². The molecule has 0 bridgehead atoms. The number of pyridine rings is 1. The Balaban J connectivity index is 1.75. The summed E-state index contributed by atoms with van der Waals surface area (Å²) >= 11 is 1.45. The van der Waals surface area contributed by atoms with Crippen LogP contribution in [-0.2, 0) is 4.79 Å². The molecule has 3 aromatic rings. The van der Waals surface area contributed by atoms with Crippen molar-refractivity contribution in [1.29, 1.82) is 0 Å². The average molecular weight is 395 g/mol. The predicted molar refractivity (Wildman–Crippen MR) is 108 cm³/mol. The molecule has 144 valence electrons. The van der Waals surface area contributed by atoms with Gasteiger partial charge in [0, 0.05) is 12.7 Å². The van der Waals surface area contributed by atoms with Crippen LogP contribution < -0.4 is 10.1 Å². The summed E-state index contributed by atoms with van der Waals surface area (Å²) in [7, 11) is 1.64. The zero-order valence-electron chi connectivity index (χ0n) is 15.5. The fourth-order valence-corrected chi connectivity index (χ4v) is 4.24. The molecule has 1 aliphatic rings. The molecule has 0 unspecified atom stereocenters. The van der Waals surface area contributed by atoms with Crippen LogP contribution in [0, 0.1) is 0 Å². The number of rotatable bonds is 5. The standard InChI is InChI=1S/C20H21N5O2S/c1-27-15-10-8-14(9-11-15)25-18(16-6-2-4-12-21-16)23-24-20(25)28-17-7-3-5-13-22-19(17)26/h2,4,6,8-12,17H,3,5,7,13H2,1H3,(H,22,26)/t17-/m1/s1. The number of carbonyl (C=O) groups is 1. The van der Waals surface area contributed by atoms with Crippen molar-refractivity contribution >= 4 is 17.7 Å². The molecule has 2 aromatic heterocycles. The summed E-state index contributed by atoms with van der Waals surface area (Å²) in [6, 6.07) is 13.4. The van der Waals surface area contributed by atoms with E-state index in [1.807, 2.05) is 47.0 Å². The maximum Gasteiger partial charge on any atom is 0.233 e. The Morgan fingerprint density at radius 2 is 2.00 bits per heavy atom. The molecule has 1 saturated heterocycles. The lowest BCUT2D eigenvalue weighted by Gasteiger charge is -2.14. The predicted octanol–water partition coefficient (Wildman–Crippen LogP) is 3.10. The molecule has 1 aliphatic heterocycles. The second-order valence-corrected chi connectivity index (χ2v) is 7.62. The largest absolute Gasteiger partial charge is 0.497 e. The lowest BCUT2D eigenvalue weighted by atomic mass is 10.2. The number of nitrogens with one attached hydrogen (secondary N) is 1. The molecule has 0 radical (unpaired) electrons. The Kier molecular flexibility index (Phi) is 5.57. The third-order valence-electron chi connectivity index (χ3n) is 4.59. The van der Waals surface area contributed by atoms with Crippen molar-refractivity contribution in [2.45, 2.75) is 29.7 Å². The number of methoxy groups -OCH3 is 1. The van der Waals surface area contributed by atoms with Crippen LogP contribution >= 0.6 is 11.8 Å². The van der Waals surface area contributed by atoms with Gasteiger partial charge in [-0.05, 0) is 49.2 Å². The number of hydrogen-bond acceptors (Lipinski definition) is 6. The summed E-state index contributed by atoms with van der Waals surface area (Å²) < 4.78 is 7.22. The van der Waals surface area contributed by atoms with Crippen LogP contribution in [0.15, 0.2) is 53.8 Å². The van der Waals surface area contributed by atoms with E-state index in [1.54, 1.807) is 13.3 Å². The molecule has 4 rings (SSSR count). The molecule has 1 amide bonds. The molecule has 1 fully saturated rings. The van der Waals surface area contributed by atoms with E-state index in [2.05, 4.69) is 20.5 Å². The lowest BCUT2D eigenvalue weighted by Crippen LogP contribution is -2.30. The zero-order valence-corrected chi connectivity index (χ0v) is 16.4. The Labute approximate surface area is 167 Å². The van der Waals surface area contributed by atoms with Crippen LogP contribution in [0.5, 0.6) is 5.75 Å². The lowest BCUT2D eigenvalue weighted by molar-refractivity contribution is -0.120. The molecular weight excluding hydrogens is 374 g/mol. The molecule has 1 aromatic carbocycles. The number of thioether (sulfide) groups is 1. The first-order valence-electron chi connectivity index (χ1n) is 9.22. The van der Waals surface area contributed by atoms with Crippen molar-refractivity contribution in [3.05, 3.63) is 48.7 Å². The second-order valence-electron chi connectivity index (χ2n) is 6.45. The van der Waals surface area contributed by atoms with Crippen LogP contribution in [0.4, 0.5) is 0 Å². The summed E-state index contributed by atoms with van der Waals surface area (Å²) in [5.74, 6) is 1.47. The number of ether oxygens (including phenoxy) is 1. The summed E-state index contributed by atoms with van der Waals surface area (Å²) in [6.07, 6.45) is 4.58. The van der Waals surface area contributed by atoms with Crippen molar-refractivity contribution in [3.8, 4) is 23.0 Å². The van der Waals surface area contributed by atoms with Crippen molar-refractivity contribution in [2.24, 2.45) is 0 Å². The van der Waals surface area contributed by atoms with Crippen LogP contribution in [-0.4, -0.2) is 44.6 Å². The van der Waals surface area contributed by atoms with Gasteiger partial charge in [-0.1, -0.05) is 24.2 Å². The van der Waals surface area contributed by atoms with E-state index in [1.165, 1.54) is 11.8 Å². The SMILES string of the molecule is COc1ccc(-n2c(S[C@@H]3CCCCNC3=O)nnc2-c2ccccn2)cc1. The molecule has 0 aliphatic carbocycles. The minimum atomic E-state index is -0.180. The molecule has 7 nitrogen and oxygen atoms in total. The van der Waals surface area contributed by atoms with Crippen LogP contribution in [0.1, 0.15) is 19.3 Å². The topological polar surface area (TPSA) is 81.9 Å². The highest BCUT2D eigenvalue weighted by atomic mass is 32.2. The average Bonchev–Trinajstić information content (AvgIpc) is 3.05. The van der Waals surface area contributed by atoms with Gasteiger partial charge in [-0.3, -0.25) is 14.3 Å². The van der Waals surface area contributed by atoms with Gasteiger partial charge >= 0.3 is 0 Å². The van der Waals surface area contributed by atoms with E-state index in [9.17, 15) is 4.79 Å². The molecule has 0 saturated carbocycles. The third-order valence-corrected chi connectivity index (χ3v) is 5.80. The van der Waals surface area contributed by atoms with Gasteiger partial charge in [0.15, 0.2) is 11.0 Å². The van der Waals surface area contributed by atoms with Crippen molar-refractivity contribution in [1.82, 2.24) is 25.1 Å². The maximum absolute atomic E-state index is 12.4. The Bertz CT molecular complexity index is 943. The van der Waals surface area contributed by atoms with Gasteiger partial charge in [0.25, 0.3) is 0 Å². The third kappa shape index (κ3) is 3.87. The fourth-order valence-electron chi connectivity index (χ4n) is 3.12. The highest BCUT2D eigenvalue weighted by Gasteiger charge is 2.26. The highest BCUT2D eigenvalue weighted by molar-refractivity contribution is 8.00. The number of amides is 1. The smallest absolute Gasteiger partial charge is 0.233 e. The normalized spacial score (nSPS) is 17.0. The monoisotopic (exact) mass is 395 g/mol. The Hall–Kier alpha value is -2.87. The van der Waals surface area contributed by atoms with E-state index in [0.29, 0.717) is 11.0 Å². The van der Waals surface area contributed by atoms with Gasteiger partial charge in [0.2, 0.25) is 5.91 Å². The number of nitrogens with zero attached hydrogens (tertiary/aromatic N) is 4. The highest BCUT2D eigenvalue weighted by Crippen LogP contribution is 2.32. The van der Waals surface area contributed by atoms with E-state index < -0.39 is 0 Å². The molecule has 1 atom stereocenters. The quantitative estimate of drug-likeness (QED) is 0.715. The van der Waals surface area contributed by atoms with Crippen LogP contribution in [0.3, 0.4) is 0 Å². The first-order chi connectivity index (χ1) is 13.8. The Morgan fingerprint density at radius 1 is 1.14 bits per heavy atom. The van der Waals surface area contributed by atoms with Crippen molar-refractivity contribution < 1.29 is 9.53 Å². The maximum atomic E-state index is 12.4. The number of hydrogen-bond donors (Lipinski definition) is 1. The zero-order chi connectivity index (χ0) is 19.3. The van der Waals surface area contributed by atoms with Gasteiger partial charge in [-0.15, -0.1) is 10.2 Å².